The summed E-state index contributed by atoms with van der Waals surface area (Å²) >= 11 is 6.00. The quantitative estimate of drug-likeness (QED) is 0.664. The minimum absolute atomic E-state index is 0.0128. The van der Waals surface area contributed by atoms with Crippen LogP contribution < -0.4 is 10.6 Å². The second kappa shape index (κ2) is 6.29. The highest BCUT2D eigenvalue weighted by Gasteiger charge is 2.21. The van der Waals surface area contributed by atoms with E-state index in [0.717, 1.165) is 18.0 Å². The summed E-state index contributed by atoms with van der Waals surface area (Å²) in [5, 5.41) is 7.01. The number of fused-ring (bicyclic) bond motifs is 1. The van der Waals surface area contributed by atoms with E-state index in [1.807, 2.05) is 0 Å². The molecule has 3 N–H and O–H groups in total. The molecule has 0 unspecified atom stereocenters. The first-order valence-electron chi connectivity index (χ1n) is 7.79. The van der Waals surface area contributed by atoms with E-state index in [4.69, 9.17) is 11.6 Å². The van der Waals surface area contributed by atoms with Crippen molar-refractivity contribution in [2.75, 3.05) is 11.9 Å². The zero-order valence-electron chi connectivity index (χ0n) is 13.0. The number of hydrogen-bond acceptors (Lipinski definition) is 5. The van der Waals surface area contributed by atoms with Crippen LogP contribution in [0.5, 0.6) is 0 Å². The number of aromatic amines is 1. The Labute approximate surface area is 147 Å². The van der Waals surface area contributed by atoms with Gasteiger partial charge in [-0.05, 0) is 12.5 Å². The van der Waals surface area contributed by atoms with Gasteiger partial charge in [0.1, 0.15) is 5.65 Å². The molecule has 1 amide bonds. The molecular formula is C16H14ClFN6O. The molecular weight excluding hydrogens is 347 g/mol. The highest BCUT2D eigenvalue weighted by Crippen LogP contribution is 2.28. The molecule has 0 spiro atoms. The number of halogens is 2. The van der Waals surface area contributed by atoms with Crippen LogP contribution in [0.3, 0.4) is 0 Å². The smallest absolute Gasteiger partial charge is 0.220 e. The average molecular weight is 361 g/mol. The predicted octanol–water partition coefficient (Wildman–Crippen LogP) is 2.50. The SMILES string of the molecule is O=C1CC[C@H](CNc2nc(-c3c[nH]c4ncc(Cl)cc34)ncc2F)N1. The lowest BCUT2D eigenvalue weighted by Crippen LogP contribution is -2.32. The van der Waals surface area contributed by atoms with Crippen LogP contribution in [0.15, 0.2) is 24.7 Å². The Morgan fingerprint density at radius 1 is 1.36 bits per heavy atom. The predicted molar refractivity (Wildman–Crippen MR) is 91.7 cm³/mol. The van der Waals surface area contributed by atoms with Gasteiger partial charge in [0, 0.05) is 42.4 Å². The van der Waals surface area contributed by atoms with Gasteiger partial charge in [-0.1, -0.05) is 11.6 Å². The molecule has 1 saturated heterocycles. The van der Waals surface area contributed by atoms with Crippen LogP contribution in [0, 0.1) is 5.82 Å². The molecule has 0 bridgehead atoms. The Kier molecular flexibility index (Phi) is 3.96. The van der Waals surface area contributed by atoms with Crippen LogP contribution >= 0.6 is 11.6 Å². The maximum atomic E-state index is 14.0. The number of H-pyrrole nitrogens is 1. The largest absolute Gasteiger partial charge is 0.365 e. The molecule has 9 heteroatoms. The van der Waals surface area contributed by atoms with Crippen molar-refractivity contribution in [3.8, 4) is 11.4 Å². The monoisotopic (exact) mass is 360 g/mol. The minimum atomic E-state index is -0.552. The molecule has 3 aromatic rings. The summed E-state index contributed by atoms with van der Waals surface area (Å²) in [6, 6.07) is 1.73. The molecule has 4 heterocycles. The molecule has 3 aromatic heterocycles. The maximum Gasteiger partial charge on any atom is 0.220 e. The number of anilines is 1. The summed E-state index contributed by atoms with van der Waals surface area (Å²) in [6.45, 7) is 0.403. The molecule has 25 heavy (non-hydrogen) atoms. The molecule has 0 saturated carbocycles. The molecule has 0 radical (unpaired) electrons. The third-order valence-corrected chi connectivity index (χ3v) is 4.29. The van der Waals surface area contributed by atoms with Gasteiger partial charge in [-0.3, -0.25) is 4.79 Å². The van der Waals surface area contributed by atoms with Crippen molar-refractivity contribution >= 4 is 34.4 Å². The number of carbonyl (C=O) groups excluding carboxylic acids is 1. The van der Waals surface area contributed by atoms with Gasteiger partial charge in [-0.2, -0.15) is 0 Å². The van der Waals surface area contributed by atoms with Gasteiger partial charge in [0.05, 0.1) is 11.2 Å². The first-order valence-corrected chi connectivity index (χ1v) is 8.17. The van der Waals surface area contributed by atoms with Crippen molar-refractivity contribution in [3.63, 3.8) is 0 Å². The normalized spacial score (nSPS) is 17.0. The van der Waals surface area contributed by atoms with Crippen LogP contribution in [-0.2, 0) is 4.79 Å². The van der Waals surface area contributed by atoms with Crippen LogP contribution in [0.4, 0.5) is 10.2 Å². The molecule has 4 rings (SSSR count). The van der Waals surface area contributed by atoms with E-state index in [1.54, 1.807) is 18.5 Å². The number of nitrogens with one attached hydrogen (secondary N) is 3. The van der Waals surface area contributed by atoms with Crippen molar-refractivity contribution in [3.05, 3.63) is 35.5 Å². The highest BCUT2D eigenvalue weighted by atomic mass is 35.5. The summed E-state index contributed by atoms with van der Waals surface area (Å²) < 4.78 is 14.0. The van der Waals surface area contributed by atoms with Gasteiger partial charge in [0.15, 0.2) is 17.5 Å². The fourth-order valence-corrected chi connectivity index (χ4v) is 2.99. The zero-order valence-corrected chi connectivity index (χ0v) is 13.8. The average Bonchev–Trinajstić information content (AvgIpc) is 3.20. The van der Waals surface area contributed by atoms with Crippen molar-refractivity contribution < 1.29 is 9.18 Å². The first kappa shape index (κ1) is 15.8. The number of hydrogen-bond donors (Lipinski definition) is 3. The summed E-state index contributed by atoms with van der Waals surface area (Å²) in [5.74, 6) is -0.0898. The summed E-state index contributed by atoms with van der Waals surface area (Å²) in [4.78, 5) is 26.8. The van der Waals surface area contributed by atoms with Crippen molar-refractivity contribution in [1.29, 1.82) is 0 Å². The van der Waals surface area contributed by atoms with Gasteiger partial charge in [0.2, 0.25) is 5.91 Å². The first-order chi connectivity index (χ1) is 12.1. The lowest BCUT2D eigenvalue weighted by Gasteiger charge is -2.12. The Balaban J connectivity index is 1.62. The second-order valence-corrected chi connectivity index (χ2v) is 6.26. The lowest BCUT2D eigenvalue weighted by atomic mass is 10.2. The summed E-state index contributed by atoms with van der Waals surface area (Å²) in [5.41, 5.74) is 1.33. The van der Waals surface area contributed by atoms with Gasteiger partial charge < -0.3 is 15.6 Å². The fourth-order valence-electron chi connectivity index (χ4n) is 2.83. The van der Waals surface area contributed by atoms with E-state index in [1.165, 1.54) is 0 Å². The number of pyridine rings is 1. The van der Waals surface area contributed by atoms with E-state index in [9.17, 15) is 9.18 Å². The summed E-state index contributed by atoms with van der Waals surface area (Å²) in [6.07, 6.45) is 5.58. The van der Waals surface area contributed by atoms with Crippen LogP contribution in [0.2, 0.25) is 5.02 Å². The standard InChI is InChI=1S/C16H14ClFN6O/c17-8-3-10-11(6-21-14(10)19-4-8)15-22-7-12(18)16(24-15)20-5-9-1-2-13(25)23-9/h3-4,6-7,9H,1-2,5H2,(H,19,21)(H,23,25)(H,20,22,24)/t9-/m1/s1. The Morgan fingerprint density at radius 3 is 3.04 bits per heavy atom. The van der Waals surface area contributed by atoms with E-state index < -0.39 is 5.82 Å². The molecule has 0 aromatic carbocycles. The number of amides is 1. The molecule has 1 fully saturated rings. The number of nitrogens with zero attached hydrogens (tertiary/aromatic N) is 3. The Hall–Kier alpha value is -2.74. The summed E-state index contributed by atoms with van der Waals surface area (Å²) in [7, 11) is 0. The van der Waals surface area contributed by atoms with Crippen LogP contribution in [-0.4, -0.2) is 38.4 Å². The Morgan fingerprint density at radius 2 is 2.24 bits per heavy atom. The van der Waals surface area contributed by atoms with Gasteiger partial charge in [0.25, 0.3) is 0 Å². The third kappa shape index (κ3) is 3.12. The minimum Gasteiger partial charge on any atom is -0.365 e. The van der Waals surface area contributed by atoms with Crippen molar-refractivity contribution in [2.45, 2.75) is 18.9 Å². The van der Waals surface area contributed by atoms with Crippen molar-refractivity contribution in [2.24, 2.45) is 0 Å². The molecule has 1 aliphatic heterocycles. The number of rotatable bonds is 4. The zero-order chi connectivity index (χ0) is 17.4. The number of aromatic nitrogens is 4. The Bertz CT molecular complexity index is 959. The third-order valence-electron chi connectivity index (χ3n) is 4.08. The van der Waals surface area contributed by atoms with E-state index in [2.05, 4.69) is 30.6 Å². The molecule has 0 aliphatic carbocycles. The lowest BCUT2D eigenvalue weighted by molar-refractivity contribution is -0.119. The number of carbonyl (C=O) groups is 1. The van der Waals surface area contributed by atoms with Gasteiger partial charge in [-0.25, -0.2) is 19.3 Å². The van der Waals surface area contributed by atoms with E-state index >= 15 is 0 Å². The fraction of sp³-hybridized carbons (Fsp3) is 0.250. The van der Waals surface area contributed by atoms with Gasteiger partial charge >= 0.3 is 0 Å². The molecule has 1 atom stereocenters. The van der Waals surface area contributed by atoms with Crippen molar-refractivity contribution in [1.82, 2.24) is 25.3 Å². The van der Waals surface area contributed by atoms with Gasteiger partial charge in [-0.15, -0.1) is 0 Å². The van der Waals surface area contributed by atoms with E-state index in [0.29, 0.717) is 35.0 Å². The second-order valence-electron chi connectivity index (χ2n) is 5.83. The van der Waals surface area contributed by atoms with E-state index in [-0.39, 0.29) is 17.8 Å². The highest BCUT2D eigenvalue weighted by molar-refractivity contribution is 6.31. The van der Waals surface area contributed by atoms with Crippen LogP contribution in [0.25, 0.3) is 22.4 Å². The molecule has 128 valence electrons. The maximum absolute atomic E-state index is 14.0. The molecule has 1 aliphatic rings. The molecule has 7 nitrogen and oxygen atoms in total. The van der Waals surface area contributed by atoms with Crippen LogP contribution in [0.1, 0.15) is 12.8 Å². The topological polar surface area (TPSA) is 95.6 Å².